The Bertz CT molecular complexity index is 392. The maximum atomic E-state index is 3.71. The number of likely N-dealkylation sites (tertiary alicyclic amines) is 1. The molecule has 0 spiro atoms. The minimum atomic E-state index is 0.551. The minimum Gasteiger partial charge on any atom is -0.381 e. The average molecular weight is 372 g/mol. The summed E-state index contributed by atoms with van der Waals surface area (Å²) in [6, 6.07) is 9.11. The van der Waals surface area contributed by atoms with E-state index in [1.54, 1.807) is 0 Å². The normalized spacial score (nSPS) is 22.2. The lowest BCUT2D eigenvalue weighted by atomic mass is 9.91. The van der Waals surface area contributed by atoms with E-state index in [1.807, 2.05) is 0 Å². The van der Waals surface area contributed by atoms with E-state index in [0.29, 0.717) is 6.04 Å². The Labute approximate surface area is 131 Å². The average Bonchev–Trinajstić information content (AvgIpc) is 2.42. The quantitative estimate of drug-likeness (QED) is 0.779. The molecular formula is C16H25IN2. The SMILES string of the molecule is CCCN1CCCC(C(C)Nc2ccccc2I)C1. The summed E-state index contributed by atoms with van der Waals surface area (Å²) in [4.78, 5) is 2.63. The van der Waals surface area contributed by atoms with E-state index in [-0.39, 0.29) is 0 Å². The molecule has 1 N–H and O–H groups in total. The van der Waals surface area contributed by atoms with Crippen LogP contribution in [-0.4, -0.2) is 30.6 Å². The van der Waals surface area contributed by atoms with Crippen LogP contribution in [0.15, 0.2) is 24.3 Å². The van der Waals surface area contributed by atoms with E-state index in [4.69, 9.17) is 0 Å². The van der Waals surface area contributed by atoms with E-state index in [0.717, 1.165) is 5.92 Å². The van der Waals surface area contributed by atoms with Gasteiger partial charge in [0.2, 0.25) is 0 Å². The van der Waals surface area contributed by atoms with E-state index in [2.05, 4.69) is 70.9 Å². The van der Waals surface area contributed by atoms with Crippen molar-refractivity contribution in [2.75, 3.05) is 25.0 Å². The monoisotopic (exact) mass is 372 g/mol. The maximum absolute atomic E-state index is 3.71. The smallest absolute Gasteiger partial charge is 0.0478 e. The molecule has 106 valence electrons. The van der Waals surface area contributed by atoms with Crippen molar-refractivity contribution >= 4 is 28.3 Å². The van der Waals surface area contributed by atoms with Crippen molar-refractivity contribution in [1.29, 1.82) is 0 Å². The lowest BCUT2D eigenvalue weighted by molar-refractivity contribution is 0.165. The van der Waals surface area contributed by atoms with Gasteiger partial charge in [0.15, 0.2) is 0 Å². The second-order valence-electron chi connectivity index (χ2n) is 5.62. The maximum Gasteiger partial charge on any atom is 0.0478 e. The molecule has 0 bridgehead atoms. The molecule has 2 atom stereocenters. The molecule has 1 aliphatic rings. The van der Waals surface area contributed by atoms with Crippen LogP contribution in [-0.2, 0) is 0 Å². The number of anilines is 1. The van der Waals surface area contributed by atoms with Gasteiger partial charge < -0.3 is 10.2 Å². The van der Waals surface area contributed by atoms with Gasteiger partial charge in [0, 0.05) is 21.8 Å². The molecule has 2 nitrogen and oxygen atoms in total. The van der Waals surface area contributed by atoms with Crippen molar-refractivity contribution in [3.05, 3.63) is 27.8 Å². The summed E-state index contributed by atoms with van der Waals surface area (Å²) >= 11 is 2.41. The summed E-state index contributed by atoms with van der Waals surface area (Å²) in [7, 11) is 0. The highest BCUT2D eigenvalue weighted by molar-refractivity contribution is 14.1. The summed E-state index contributed by atoms with van der Waals surface area (Å²) in [6.45, 7) is 8.41. The number of para-hydroxylation sites is 1. The first kappa shape index (κ1) is 15.1. The van der Waals surface area contributed by atoms with Gasteiger partial charge in [-0.1, -0.05) is 19.1 Å². The third-order valence-electron chi connectivity index (χ3n) is 4.05. The predicted molar refractivity (Wildman–Crippen MR) is 91.7 cm³/mol. The number of halogens is 1. The van der Waals surface area contributed by atoms with E-state index < -0.39 is 0 Å². The molecule has 1 aliphatic heterocycles. The van der Waals surface area contributed by atoms with E-state index in [1.165, 1.54) is 48.2 Å². The van der Waals surface area contributed by atoms with Crippen LogP contribution in [0.4, 0.5) is 5.69 Å². The largest absolute Gasteiger partial charge is 0.381 e. The summed E-state index contributed by atoms with van der Waals surface area (Å²) in [6.07, 6.45) is 3.98. The Kier molecular flexibility index (Phi) is 5.95. The van der Waals surface area contributed by atoms with Crippen LogP contribution in [0, 0.1) is 9.49 Å². The fourth-order valence-electron chi connectivity index (χ4n) is 2.96. The van der Waals surface area contributed by atoms with Crippen LogP contribution in [0.2, 0.25) is 0 Å². The summed E-state index contributed by atoms with van der Waals surface area (Å²) in [5, 5.41) is 3.71. The Balaban J connectivity index is 1.92. The Morgan fingerprint density at radius 3 is 2.95 bits per heavy atom. The van der Waals surface area contributed by atoms with Gasteiger partial charge in [0.25, 0.3) is 0 Å². The molecule has 0 amide bonds. The van der Waals surface area contributed by atoms with Crippen LogP contribution in [0.1, 0.15) is 33.1 Å². The van der Waals surface area contributed by atoms with Gasteiger partial charge >= 0.3 is 0 Å². The number of nitrogens with zero attached hydrogens (tertiary/aromatic N) is 1. The lowest BCUT2D eigenvalue weighted by Gasteiger charge is -2.36. The fourth-order valence-corrected chi connectivity index (χ4v) is 3.50. The van der Waals surface area contributed by atoms with Gasteiger partial charge in [-0.05, 0) is 79.9 Å². The van der Waals surface area contributed by atoms with Gasteiger partial charge in [0.1, 0.15) is 0 Å². The van der Waals surface area contributed by atoms with Crippen molar-refractivity contribution in [1.82, 2.24) is 4.90 Å². The Morgan fingerprint density at radius 1 is 1.42 bits per heavy atom. The zero-order valence-electron chi connectivity index (χ0n) is 12.0. The molecular weight excluding hydrogens is 347 g/mol. The number of rotatable bonds is 5. The second kappa shape index (κ2) is 7.48. The summed E-state index contributed by atoms with van der Waals surface area (Å²) in [5.41, 5.74) is 1.28. The van der Waals surface area contributed by atoms with Gasteiger partial charge in [-0.3, -0.25) is 0 Å². The second-order valence-corrected chi connectivity index (χ2v) is 6.78. The van der Waals surface area contributed by atoms with Crippen LogP contribution in [0.5, 0.6) is 0 Å². The van der Waals surface area contributed by atoms with Crippen LogP contribution in [0.3, 0.4) is 0 Å². The molecule has 0 saturated carbocycles. The van der Waals surface area contributed by atoms with Gasteiger partial charge in [-0.15, -0.1) is 0 Å². The first-order valence-corrected chi connectivity index (χ1v) is 8.52. The molecule has 0 radical (unpaired) electrons. The number of hydrogen-bond acceptors (Lipinski definition) is 2. The Hall–Kier alpha value is -0.290. The third-order valence-corrected chi connectivity index (χ3v) is 4.99. The molecule has 0 aromatic heterocycles. The van der Waals surface area contributed by atoms with Crippen molar-refractivity contribution in [3.8, 4) is 0 Å². The number of hydrogen-bond donors (Lipinski definition) is 1. The first-order valence-electron chi connectivity index (χ1n) is 7.44. The van der Waals surface area contributed by atoms with Gasteiger partial charge in [-0.25, -0.2) is 0 Å². The van der Waals surface area contributed by atoms with Crippen molar-refractivity contribution in [2.45, 2.75) is 39.2 Å². The minimum absolute atomic E-state index is 0.551. The van der Waals surface area contributed by atoms with Crippen molar-refractivity contribution in [2.24, 2.45) is 5.92 Å². The molecule has 1 fully saturated rings. The zero-order chi connectivity index (χ0) is 13.7. The van der Waals surface area contributed by atoms with E-state index >= 15 is 0 Å². The number of nitrogens with one attached hydrogen (secondary N) is 1. The van der Waals surface area contributed by atoms with Crippen LogP contribution in [0.25, 0.3) is 0 Å². The van der Waals surface area contributed by atoms with Gasteiger partial charge in [0.05, 0.1) is 0 Å². The molecule has 2 rings (SSSR count). The van der Waals surface area contributed by atoms with E-state index in [9.17, 15) is 0 Å². The Morgan fingerprint density at radius 2 is 2.21 bits per heavy atom. The van der Waals surface area contributed by atoms with Gasteiger partial charge in [-0.2, -0.15) is 0 Å². The first-order chi connectivity index (χ1) is 9.20. The predicted octanol–water partition coefficient (Wildman–Crippen LogP) is 4.21. The highest BCUT2D eigenvalue weighted by atomic mass is 127. The van der Waals surface area contributed by atoms with Crippen molar-refractivity contribution < 1.29 is 0 Å². The molecule has 19 heavy (non-hydrogen) atoms. The molecule has 1 saturated heterocycles. The number of piperidine rings is 1. The molecule has 1 heterocycles. The fraction of sp³-hybridized carbons (Fsp3) is 0.625. The van der Waals surface area contributed by atoms with Crippen molar-refractivity contribution in [3.63, 3.8) is 0 Å². The molecule has 1 aromatic rings. The highest BCUT2D eigenvalue weighted by Gasteiger charge is 2.24. The topological polar surface area (TPSA) is 15.3 Å². The summed E-state index contributed by atoms with van der Waals surface area (Å²) in [5.74, 6) is 0.774. The molecule has 1 aromatic carbocycles. The van der Waals surface area contributed by atoms with Crippen LogP contribution < -0.4 is 5.32 Å². The molecule has 2 unspecified atom stereocenters. The highest BCUT2D eigenvalue weighted by Crippen LogP contribution is 2.24. The third kappa shape index (κ3) is 4.35. The van der Waals surface area contributed by atoms with Crippen LogP contribution >= 0.6 is 22.6 Å². The number of benzene rings is 1. The molecule has 0 aliphatic carbocycles. The lowest BCUT2D eigenvalue weighted by Crippen LogP contribution is -2.42. The zero-order valence-corrected chi connectivity index (χ0v) is 14.2. The molecule has 3 heteroatoms. The standard InChI is InChI=1S/C16H25IN2/c1-3-10-19-11-6-7-14(12-19)13(2)18-16-9-5-4-8-15(16)17/h4-5,8-9,13-14,18H,3,6-7,10-12H2,1-2H3. The summed E-state index contributed by atoms with van der Waals surface area (Å²) < 4.78 is 1.31.